The van der Waals surface area contributed by atoms with Gasteiger partial charge in [0.05, 0.1) is 6.04 Å². The van der Waals surface area contributed by atoms with Gasteiger partial charge in [-0.25, -0.2) is 0 Å². The van der Waals surface area contributed by atoms with E-state index < -0.39 is 0 Å². The monoisotopic (exact) mass is 370 g/mol. The van der Waals surface area contributed by atoms with E-state index >= 15 is 0 Å². The molecule has 0 radical (unpaired) electrons. The number of likely N-dealkylation sites (N-methyl/N-ethyl adjacent to an activating group) is 1. The highest BCUT2D eigenvalue weighted by Gasteiger charge is 2.21. The van der Waals surface area contributed by atoms with Gasteiger partial charge >= 0.3 is 0 Å². The summed E-state index contributed by atoms with van der Waals surface area (Å²) in [6.45, 7) is 9.52. The van der Waals surface area contributed by atoms with E-state index in [-0.39, 0.29) is 36.8 Å². The molecule has 0 aliphatic carbocycles. The summed E-state index contributed by atoms with van der Waals surface area (Å²) in [5, 5.41) is 3.03. The Hall–Kier alpha value is -0.0700. The quantitative estimate of drug-likeness (QED) is 0.680. The number of piperidine rings is 1. The Labute approximate surface area is 154 Å². The van der Waals surface area contributed by atoms with E-state index in [1.54, 1.807) is 0 Å². The van der Waals surface area contributed by atoms with Crippen LogP contribution in [0, 0.1) is 11.8 Å². The maximum atomic E-state index is 11.9. The zero-order valence-corrected chi connectivity index (χ0v) is 16.7. The molecule has 1 amide bonds. The Kier molecular flexibility index (Phi) is 14.5. The summed E-state index contributed by atoms with van der Waals surface area (Å²) in [6.07, 6.45) is 3.11. The fourth-order valence-electron chi connectivity index (χ4n) is 2.75. The number of likely N-dealkylation sites (tertiary alicyclic amines) is 1. The minimum absolute atomic E-state index is 0. The lowest BCUT2D eigenvalue weighted by atomic mass is 9.96. The van der Waals surface area contributed by atoms with Crippen molar-refractivity contribution in [1.29, 1.82) is 0 Å². The minimum Gasteiger partial charge on any atom is -0.354 e. The van der Waals surface area contributed by atoms with E-state index in [9.17, 15) is 4.79 Å². The van der Waals surface area contributed by atoms with E-state index in [4.69, 9.17) is 5.73 Å². The highest BCUT2D eigenvalue weighted by atomic mass is 35.5. The third-order valence-corrected chi connectivity index (χ3v) is 4.20. The van der Waals surface area contributed by atoms with Crippen LogP contribution in [0.15, 0.2) is 0 Å². The summed E-state index contributed by atoms with van der Waals surface area (Å²) in [5.74, 6) is 1.08. The summed E-state index contributed by atoms with van der Waals surface area (Å²) >= 11 is 0. The standard InChI is InChI=1S/C16H34N4O.2ClH/c1-13(2)11-15(17)16(21)18-12-14-5-7-20(8-6-14)10-9-19(3)4;;/h13-15H,5-12,17H2,1-4H3,(H,18,21);2*1H/t15-;;/m0../s1. The molecule has 0 bridgehead atoms. The first kappa shape index (κ1) is 25.2. The van der Waals surface area contributed by atoms with E-state index in [0.29, 0.717) is 11.8 Å². The van der Waals surface area contributed by atoms with Gasteiger partial charge in [0, 0.05) is 19.6 Å². The zero-order valence-electron chi connectivity index (χ0n) is 15.1. The second-order valence-electron chi connectivity index (χ2n) is 7.07. The van der Waals surface area contributed by atoms with Crippen molar-refractivity contribution in [2.45, 2.75) is 39.2 Å². The molecule has 1 fully saturated rings. The second-order valence-corrected chi connectivity index (χ2v) is 7.07. The lowest BCUT2D eigenvalue weighted by Crippen LogP contribution is -2.45. The van der Waals surface area contributed by atoms with Gasteiger partial charge in [0.15, 0.2) is 0 Å². The van der Waals surface area contributed by atoms with Gasteiger partial charge in [-0.05, 0) is 58.3 Å². The molecule has 1 aliphatic rings. The molecule has 0 unspecified atom stereocenters. The van der Waals surface area contributed by atoms with Crippen molar-refractivity contribution in [2.75, 3.05) is 46.8 Å². The van der Waals surface area contributed by atoms with Crippen molar-refractivity contribution in [2.24, 2.45) is 17.6 Å². The SMILES string of the molecule is CC(C)C[C@H](N)C(=O)NCC1CCN(CCN(C)C)CC1.Cl.Cl. The number of rotatable bonds is 8. The molecule has 1 heterocycles. The van der Waals surface area contributed by atoms with Crippen molar-refractivity contribution < 1.29 is 4.79 Å². The van der Waals surface area contributed by atoms with Crippen molar-refractivity contribution in [3.8, 4) is 0 Å². The largest absolute Gasteiger partial charge is 0.354 e. The van der Waals surface area contributed by atoms with Gasteiger partial charge in [-0.15, -0.1) is 24.8 Å². The molecule has 0 aromatic heterocycles. The summed E-state index contributed by atoms with van der Waals surface area (Å²) in [6, 6.07) is -0.356. The maximum absolute atomic E-state index is 11.9. The number of hydrogen-bond acceptors (Lipinski definition) is 4. The Bertz CT molecular complexity index is 308. The number of carbonyl (C=O) groups is 1. The lowest BCUT2D eigenvalue weighted by Gasteiger charge is -2.32. The predicted octanol–water partition coefficient (Wildman–Crippen LogP) is 1.59. The predicted molar refractivity (Wildman–Crippen MR) is 103 cm³/mol. The Morgan fingerprint density at radius 3 is 2.30 bits per heavy atom. The van der Waals surface area contributed by atoms with Crippen LogP contribution in [0.4, 0.5) is 0 Å². The fraction of sp³-hybridized carbons (Fsp3) is 0.938. The van der Waals surface area contributed by atoms with E-state index in [1.807, 2.05) is 0 Å². The number of amides is 1. The molecular weight excluding hydrogens is 335 g/mol. The molecule has 0 spiro atoms. The van der Waals surface area contributed by atoms with Crippen LogP contribution < -0.4 is 11.1 Å². The molecule has 3 N–H and O–H groups in total. The number of carbonyl (C=O) groups excluding carboxylic acids is 1. The van der Waals surface area contributed by atoms with Crippen molar-refractivity contribution in [3.63, 3.8) is 0 Å². The molecule has 1 atom stereocenters. The van der Waals surface area contributed by atoms with Gasteiger partial charge < -0.3 is 20.9 Å². The van der Waals surface area contributed by atoms with Crippen LogP contribution in [0.5, 0.6) is 0 Å². The molecule has 0 aromatic carbocycles. The number of halogens is 2. The molecule has 5 nitrogen and oxygen atoms in total. The van der Waals surface area contributed by atoms with E-state index in [0.717, 1.165) is 39.1 Å². The number of nitrogens with two attached hydrogens (primary N) is 1. The van der Waals surface area contributed by atoms with Gasteiger partial charge in [0.2, 0.25) is 5.91 Å². The van der Waals surface area contributed by atoms with Gasteiger partial charge in [-0.3, -0.25) is 4.79 Å². The van der Waals surface area contributed by atoms with Crippen LogP contribution in [0.1, 0.15) is 33.1 Å². The van der Waals surface area contributed by atoms with Crippen LogP contribution >= 0.6 is 24.8 Å². The minimum atomic E-state index is -0.356. The Morgan fingerprint density at radius 1 is 1.26 bits per heavy atom. The molecule has 1 aliphatic heterocycles. The highest BCUT2D eigenvalue weighted by Crippen LogP contribution is 2.16. The molecular formula is C16H36Cl2N4O. The zero-order chi connectivity index (χ0) is 15.8. The molecule has 140 valence electrons. The summed E-state index contributed by atoms with van der Waals surface area (Å²) < 4.78 is 0. The maximum Gasteiger partial charge on any atom is 0.236 e. The molecule has 0 aromatic rings. The van der Waals surface area contributed by atoms with Crippen LogP contribution in [0.25, 0.3) is 0 Å². The van der Waals surface area contributed by atoms with Gasteiger partial charge in [0.1, 0.15) is 0 Å². The average Bonchev–Trinajstić information content (AvgIpc) is 2.42. The smallest absolute Gasteiger partial charge is 0.236 e. The molecule has 7 heteroatoms. The van der Waals surface area contributed by atoms with Gasteiger partial charge in [-0.1, -0.05) is 13.8 Å². The topological polar surface area (TPSA) is 61.6 Å². The number of nitrogens with one attached hydrogen (secondary N) is 1. The molecule has 1 rings (SSSR count). The first-order chi connectivity index (χ1) is 9.88. The first-order valence-corrected chi connectivity index (χ1v) is 8.28. The summed E-state index contributed by atoms with van der Waals surface area (Å²) in [5.41, 5.74) is 5.90. The molecule has 0 saturated carbocycles. The van der Waals surface area contributed by atoms with Crippen molar-refractivity contribution in [1.82, 2.24) is 15.1 Å². The second kappa shape index (κ2) is 13.2. The van der Waals surface area contributed by atoms with Crippen LogP contribution in [-0.4, -0.2) is 68.6 Å². The number of hydrogen-bond donors (Lipinski definition) is 2. The third kappa shape index (κ3) is 11.2. The van der Waals surface area contributed by atoms with E-state index in [1.165, 1.54) is 12.8 Å². The summed E-state index contributed by atoms with van der Waals surface area (Å²) in [7, 11) is 4.23. The van der Waals surface area contributed by atoms with Crippen molar-refractivity contribution >= 4 is 30.7 Å². The molecule has 1 saturated heterocycles. The highest BCUT2D eigenvalue weighted by molar-refractivity contribution is 5.85. The van der Waals surface area contributed by atoms with Crippen LogP contribution in [-0.2, 0) is 4.79 Å². The van der Waals surface area contributed by atoms with Crippen LogP contribution in [0.2, 0.25) is 0 Å². The Balaban J connectivity index is 0. The van der Waals surface area contributed by atoms with Gasteiger partial charge in [0.25, 0.3) is 0 Å². The van der Waals surface area contributed by atoms with E-state index in [2.05, 4.69) is 43.1 Å². The van der Waals surface area contributed by atoms with Gasteiger partial charge in [-0.2, -0.15) is 0 Å². The first-order valence-electron chi connectivity index (χ1n) is 8.28. The number of nitrogens with zero attached hydrogens (tertiary/aromatic N) is 2. The summed E-state index contributed by atoms with van der Waals surface area (Å²) in [4.78, 5) is 16.7. The third-order valence-electron chi connectivity index (χ3n) is 4.20. The van der Waals surface area contributed by atoms with Crippen LogP contribution in [0.3, 0.4) is 0 Å². The Morgan fingerprint density at radius 2 is 1.83 bits per heavy atom. The lowest BCUT2D eigenvalue weighted by molar-refractivity contribution is -0.122. The average molecular weight is 371 g/mol. The normalized spacial score (nSPS) is 17.5. The molecule has 23 heavy (non-hydrogen) atoms. The van der Waals surface area contributed by atoms with Crippen molar-refractivity contribution in [3.05, 3.63) is 0 Å². The fourth-order valence-corrected chi connectivity index (χ4v) is 2.75.